The minimum Gasteiger partial charge on any atom is -0.380 e. The van der Waals surface area contributed by atoms with Gasteiger partial charge >= 0.3 is 0 Å². The van der Waals surface area contributed by atoms with Crippen LogP contribution in [-0.4, -0.2) is 60.1 Å². The van der Waals surface area contributed by atoms with E-state index in [-0.39, 0.29) is 5.92 Å². The summed E-state index contributed by atoms with van der Waals surface area (Å²) in [5.41, 5.74) is 9.02. The number of piperidine rings is 1. The van der Waals surface area contributed by atoms with Gasteiger partial charge < -0.3 is 20.1 Å². The maximum Gasteiger partial charge on any atom is 0.225 e. The SMILES string of the molecule is Nc1noc2ccc(N3CCC(C(=O)N4CCN(Cc5ccc6cc(Cl)ccc6c5)CC4)CC3)cc12. The lowest BCUT2D eigenvalue weighted by atomic mass is 9.94. The van der Waals surface area contributed by atoms with Crippen LogP contribution in [0.25, 0.3) is 21.7 Å². The molecule has 2 aliphatic rings. The van der Waals surface area contributed by atoms with E-state index < -0.39 is 0 Å². The van der Waals surface area contributed by atoms with Crippen LogP contribution in [0.3, 0.4) is 0 Å². The molecule has 3 aromatic carbocycles. The number of nitrogen functional groups attached to an aromatic ring is 1. The van der Waals surface area contributed by atoms with Crippen molar-refractivity contribution >= 4 is 50.8 Å². The molecule has 1 aromatic heterocycles. The third-order valence-electron chi connectivity index (χ3n) is 7.65. The van der Waals surface area contributed by atoms with Gasteiger partial charge in [-0.05, 0) is 65.6 Å². The molecule has 186 valence electrons. The first-order valence-electron chi connectivity index (χ1n) is 12.6. The summed E-state index contributed by atoms with van der Waals surface area (Å²) in [4.78, 5) is 20.1. The van der Waals surface area contributed by atoms with Crippen LogP contribution in [0.4, 0.5) is 11.5 Å². The number of halogens is 1. The Labute approximate surface area is 215 Å². The van der Waals surface area contributed by atoms with E-state index in [1.165, 1.54) is 10.9 Å². The zero-order valence-corrected chi connectivity index (χ0v) is 21.0. The van der Waals surface area contributed by atoms with Gasteiger partial charge in [-0.2, -0.15) is 0 Å². The van der Waals surface area contributed by atoms with Crippen LogP contribution in [0.2, 0.25) is 5.02 Å². The standard InChI is InChI=1S/C28H30ClN5O2/c29-23-4-3-21-15-19(1-2-22(21)16-23)18-32-11-13-34(14-12-32)28(35)20-7-9-33(10-8-20)24-5-6-26-25(17-24)27(30)31-36-26/h1-6,15-17,20H,7-14,18H2,(H2,30,31). The lowest BCUT2D eigenvalue weighted by Crippen LogP contribution is -2.51. The first kappa shape index (κ1) is 23.1. The molecule has 36 heavy (non-hydrogen) atoms. The third-order valence-corrected chi connectivity index (χ3v) is 7.88. The van der Waals surface area contributed by atoms with Gasteiger partial charge in [-0.3, -0.25) is 9.69 Å². The number of aromatic nitrogens is 1. The van der Waals surface area contributed by atoms with Gasteiger partial charge in [0.2, 0.25) is 5.91 Å². The summed E-state index contributed by atoms with van der Waals surface area (Å²) < 4.78 is 5.22. The molecule has 0 saturated carbocycles. The molecule has 2 N–H and O–H groups in total. The van der Waals surface area contributed by atoms with Gasteiger partial charge in [-0.15, -0.1) is 0 Å². The molecule has 0 bridgehead atoms. The van der Waals surface area contributed by atoms with E-state index in [2.05, 4.69) is 44.1 Å². The first-order valence-corrected chi connectivity index (χ1v) is 13.0. The highest BCUT2D eigenvalue weighted by molar-refractivity contribution is 6.31. The normalized spacial score (nSPS) is 17.8. The maximum atomic E-state index is 13.3. The molecular formula is C28H30ClN5O2. The number of fused-ring (bicyclic) bond motifs is 2. The zero-order chi connectivity index (χ0) is 24.6. The van der Waals surface area contributed by atoms with Crippen molar-refractivity contribution in [2.45, 2.75) is 19.4 Å². The Bertz CT molecular complexity index is 1400. The topological polar surface area (TPSA) is 78.8 Å². The maximum absolute atomic E-state index is 13.3. The molecule has 8 heteroatoms. The third kappa shape index (κ3) is 4.61. The molecule has 4 aromatic rings. The first-order chi connectivity index (χ1) is 17.5. The minimum atomic E-state index is 0.101. The lowest BCUT2D eigenvalue weighted by Gasteiger charge is -2.39. The monoisotopic (exact) mass is 503 g/mol. The van der Waals surface area contributed by atoms with Crippen LogP contribution < -0.4 is 10.6 Å². The summed E-state index contributed by atoms with van der Waals surface area (Å²) in [6.07, 6.45) is 1.74. The summed E-state index contributed by atoms with van der Waals surface area (Å²) in [5.74, 6) is 0.835. The summed E-state index contributed by atoms with van der Waals surface area (Å²) in [5, 5.41) is 7.82. The van der Waals surface area contributed by atoms with E-state index in [0.29, 0.717) is 17.3 Å². The fraction of sp³-hybridized carbons (Fsp3) is 0.357. The van der Waals surface area contributed by atoms with Crippen molar-refractivity contribution in [2.24, 2.45) is 5.92 Å². The Balaban J connectivity index is 1.01. The van der Waals surface area contributed by atoms with Crippen LogP contribution in [-0.2, 0) is 11.3 Å². The van der Waals surface area contributed by atoms with Crippen LogP contribution in [0.15, 0.2) is 59.1 Å². The molecule has 0 spiro atoms. The second kappa shape index (κ2) is 9.64. The van der Waals surface area contributed by atoms with Gasteiger partial charge in [0.05, 0.1) is 5.39 Å². The number of anilines is 2. The van der Waals surface area contributed by atoms with E-state index in [1.807, 2.05) is 30.3 Å². The van der Waals surface area contributed by atoms with Crippen molar-refractivity contribution in [3.8, 4) is 0 Å². The Morgan fingerprint density at radius 1 is 0.944 bits per heavy atom. The molecule has 0 aliphatic carbocycles. The molecular weight excluding hydrogens is 474 g/mol. The largest absolute Gasteiger partial charge is 0.380 e. The second-order valence-corrected chi connectivity index (χ2v) is 10.4. The zero-order valence-electron chi connectivity index (χ0n) is 20.2. The molecule has 3 heterocycles. The summed E-state index contributed by atoms with van der Waals surface area (Å²) >= 11 is 6.11. The number of hydrogen-bond acceptors (Lipinski definition) is 6. The molecule has 2 saturated heterocycles. The number of benzene rings is 3. The molecule has 6 rings (SSSR count). The Morgan fingerprint density at radius 2 is 1.69 bits per heavy atom. The van der Waals surface area contributed by atoms with Gasteiger partial charge in [0.25, 0.3) is 0 Å². The van der Waals surface area contributed by atoms with Gasteiger partial charge in [0.1, 0.15) is 0 Å². The highest BCUT2D eigenvalue weighted by Gasteiger charge is 2.30. The van der Waals surface area contributed by atoms with Crippen LogP contribution in [0, 0.1) is 5.92 Å². The number of amides is 1. The molecule has 2 aliphatic heterocycles. The van der Waals surface area contributed by atoms with Crippen LogP contribution >= 0.6 is 11.6 Å². The summed E-state index contributed by atoms with van der Waals surface area (Å²) in [7, 11) is 0. The van der Waals surface area contributed by atoms with Crippen molar-refractivity contribution in [1.29, 1.82) is 0 Å². The predicted octanol–water partition coefficient (Wildman–Crippen LogP) is 4.78. The Kier molecular flexibility index (Phi) is 6.19. The number of nitrogens with two attached hydrogens (primary N) is 1. The Hall–Kier alpha value is -3.29. The van der Waals surface area contributed by atoms with Crippen molar-refractivity contribution in [3.63, 3.8) is 0 Å². The Morgan fingerprint density at radius 3 is 2.50 bits per heavy atom. The van der Waals surface area contributed by atoms with Crippen LogP contribution in [0.1, 0.15) is 18.4 Å². The molecule has 2 fully saturated rings. The lowest BCUT2D eigenvalue weighted by molar-refractivity contribution is -0.138. The summed E-state index contributed by atoms with van der Waals surface area (Å²) in [6, 6.07) is 18.6. The van der Waals surface area contributed by atoms with E-state index in [1.54, 1.807) is 0 Å². The van der Waals surface area contributed by atoms with Gasteiger partial charge in [0, 0.05) is 62.4 Å². The number of carbonyl (C=O) groups is 1. The number of nitrogens with zero attached hydrogens (tertiary/aromatic N) is 4. The second-order valence-electron chi connectivity index (χ2n) is 9.94. The number of hydrogen-bond donors (Lipinski definition) is 1. The van der Waals surface area contributed by atoms with Gasteiger partial charge in [0.15, 0.2) is 11.4 Å². The fourth-order valence-electron chi connectivity index (χ4n) is 5.53. The van der Waals surface area contributed by atoms with Gasteiger partial charge in [-0.1, -0.05) is 35.0 Å². The predicted molar refractivity (Wildman–Crippen MR) is 144 cm³/mol. The number of rotatable bonds is 4. The van der Waals surface area contributed by atoms with Gasteiger partial charge in [-0.25, -0.2) is 0 Å². The quantitative estimate of drug-likeness (QED) is 0.432. The average molecular weight is 504 g/mol. The molecule has 7 nitrogen and oxygen atoms in total. The summed E-state index contributed by atoms with van der Waals surface area (Å²) in [6.45, 7) is 6.03. The molecule has 1 amide bonds. The van der Waals surface area contributed by atoms with Crippen molar-refractivity contribution < 1.29 is 9.32 Å². The number of piperazine rings is 1. The average Bonchev–Trinajstić information content (AvgIpc) is 3.29. The van der Waals surface area contributed by atoms with Crippen LogP contribution in [0.5, 0.6) is 0 Å². The van der Waals surface area contributed by atoms with E-state index >= 15 is 0 Å². The minimum absolute atomic E-state index is 0.101. The molecule has 0 unspecified atom stereocenters. The number of carbonyl (C=O) groups excluding carboxylic acids is 1. The molecule has 0 radical (unpaired) electrons. The molecule has 0 atom stereocenters. The van der Waals surface area contributed by atoms with E-state index in [4.69, 9.17) is 21.9 Å². The van der Waals surface area contributed by atoms with Crippen molar-refractivity contribution in [1.82, 2.24) is 15.0 Å². The smallest absolute Gasteiger partial charge is 0.225 e. The van der Waals surface area contributed by atoms with Crippen molar-refractivity contribution in [2.75, 3.05) is 49.9 Å². The highest BCUT2D eigenvalue weighted by Crippen LogP contribution is 2.30. The van der Waals surface area contributed by atoms with E-state index in [9.17, 15) is 4.79 Å². The highest BCUT2D eigenvalue weighted by atomic mass is 35.5. The van der Waals surface area contributed by atoms with E-state index in [0.717, 1.165) is 80.1 Å². The van der Waals surface area contributed by atoms with Crippen molar-refractivity contribution in [3.05, 3.63) is 65.2 Å². The fourth-order valence-corrected chi connectivity index (χ4v) is 5.71.